The molecule has 4 heteroatoms. The zero-order valence-electron chi connectivity index (χ0n) is 9.34. The summed E-state index contributed by atoms with van der Waals surface area (Å²) in [6.45, 7) is 0.986. The third-order valence-electron chi connectivity index (χ3n) is 2.76. The van der Waals surface area contributed by atoms with Gasteiger partial charge in [-0.3, -0.25) is 4.79 Å². The van der Waals surface area contributed by atoms with Crippen molar-refractivity contribution in [1.29, 1.82) is 0 Å². The number of amides is 1. The summed E-state index contributed by atoms with van der Waals surface area (Å²) in [6.07, 6.45) is 3.33. The highest BCUT2D eigenvalue weighted by molar-refractivity contribution is 5.91. The third kappa shape index (κ3) is 3.14. The highest BCUT2D eigenvalue weighted by atomic mass is 19.1. The van der Waals surface area contributed by atoms with Gasteiger partial charge in [0, 0.05) is 19.2 Å². The monoisotopic (exact) mass is 235 g/mol. The lowest BCUT2D eigenvalue weighted by Gasteiger charge is -2.12. The summed E-state index contributed by atoms with van der Waals surface area (Å²) in [4.78, 5) is 13.3. The Morgan fingerprint density at radius 2 is 2.12 bits per heavy atom. The normalized spacial score (nSPS) is 20.1. The van der Waals surface area contributed by atoms with Crippen molar-refractivity contribution in [3.63, 3.8) is 0 Å². The molecular formula is C13H14FNO2. The Bertz CT molecular complexity index is 428. The molecule has 1 atom stereocenters. The molecule has 1 fully saturated rings. The van der Waals surface area contributed by atoms with Crippen molar-refractivity contribution in [3.8, 4) is 0 Å². The van der Waals surface area contributed by atoms with Gasteiger partial charge in [-0.1, -0.05) is 12.1 Å². The number of carbonyl (C=O) groups is 1. The van der Waals surface area contributed by atoms with Gasteiger partial charge in [0.15, 0.2) is 0 Å². The van der Waals surface area contributed by atoms with Crippen LogP contribution in [0.4, 0.5) is 4.39 Å². The van der Waals surface area contributed by atoms with Crippen molar-refractivity contribution < 1.29 is 14.3 Å². The average Bonchev–Trinajstić information content (AvgIpc) is 2.75. The van der Waals surface area contributed by atoms with E-state index in [1.165, 1.54) is 18.2 Å². The van der Waals surface area contributed by atoms with Gasteiger partial charge in [0.2, 0.25) is 5.91 Å². The molecule has 0 radical (unpaired) electrons. The third-order valence-corrected chi connectivity index (χ3v) is 2.76. The summed E-state index contributed by atoms with van der Waals surface area (Å²) in [7, 11) is 0. The molecule has 1 aromatic carbocycles. The lowest BCUT2D eigenvalue weighted by molar-refractivity contribution is -0.125. The summed E-state index contributed by atoms with van der Waals surface area (Å²) in [5, 5.41) is 9.30. The Kier molecular flexibility index (Phi) is 3.54. The number of benzene rings is 1. The second kappa shape index (κ2) is 5.10. The fraction of sp³-hybridized carbons (Fsp3) is 0.308. The van der Waals surface area contributed by atoms with E-state index in [-0.39, 0.29) is 11.7 Å². The number of rotatable bonds is 2. The van der Waals surface area contributed by atoms with Gasteiger partial charge in [0.1, 0.15) is 5.82 Å². The predicted octanol–water partition coefficient (Wildman–Crippen LogP) is 1.43. The first-order valence-electron chi connectivity index (χ1n) is 5.56. The van der Waals surface area contributed by atoms with Crippen LogP contribution < -0.4 is 0 Å². The van der Waals surface area contributed by atoms with Crippen LogP contribution >= 0.6 is 0 Å². The molecule has 17 heavy (non-hydrogen) atoms. The largest absolute Gasteiger partial charge is 0.391 e. The molecule has 1 aliphatic heterocycles. The molecule has 2 rings (SSSR count). The molecule has 1 aromatic rings. The molecule has 1 N–H and O–H groups in total. The number of aliphatic hydroxyl groups excluding tert-OH is 1. The Morgan fingerprint density at radius 3 is 2.71 bits per heavy atom. The van der Waals surface area contributed by atoms with Crippen LogP contribution in [0.3, 0.4) is 0 Å². The molecule has 1 saturated heterocycles. The van der Waals surface area contributed by atoms with Crippen molar-refractivity contribution in [1.82, 2.24) is 4.90 Å². The van der Waals surface area contributed by atoms with Crippen molar-refractivity contribution >= 4 is 12.0 Å². The van der Waals surface area contributed by atoms with Crippen molar-refractivity contribution in [2.24, 2.45) is 0 Å². The number of hydrogen-bond donors (Lipinski definition) is 1. The van der Waals surface area contributed by atoms with Crippen LogP contribution in [-0.2, 0) is 4.79 Å². The summed E-state index contributed by atoms with van der Waals surface area (Å²) in [5.74, 6) is -0.415. The minimum atomic E-state index is -0.404. The highest BCUT2D eigenvalue weighted by Gasteiger charge is 2.22. The maximum atomic E-state index is 12.6. The molecule has 1 amide bonds. The molecule has 1 aliphatic rings. The zero-order chi connectivity index (χ0) is 12.3. The lowest BCUT2D eigenvalue weighted by Crippen LogP contribution is -2.27. The number of carbonyl (C=O) groups excluding carboxylic acids is 1. The van der Waals surface area contributed by atoms with Crippen LogP contribution in [0, 0.1) is 5.82 Å². The molecule has 3 nitrogen and oxygen atoms in total. The first kappa shape index (κ1) is 11.8. The van der Waals surface area contributed by atoms with Crippen LogP contribution in [0.25, 0.3) is 6.08 Å². The number of nitrogens with zero attached hydrogens (tertiary/aromatic N) is 1. The molecule has 0 bridgehead atoms. The zero-order valence-corrected chi connectivity index (χ0v) is 9.34. The number of likely N-dealkylation sites (tertiary alicyclic amines) is 1. The van der Waals surface area contributed by atoms with Gasteiger partial charge in [-0.05, 0) is 30.2 Å². The van der Waals surface area contributed by atoms with Crippen LogP contribution in [0.15, 0.2) is 30.3 Å². The van der Waals surface area contributed by atoms with Gasteiger partial charge in [0.25, 0.3) is 0 Å². The van der Waals surface area contributed by atoms with Crippen molar-refractivity contribution in [2.45, 2.75) is 12.5 Å². The first-order valence-corrected chi connectivity index (χ1v) is 5.56. The molecular weight excluding hydrogens is 221 g/mol. The second-order valence-electron chi connectivity index (χ2n) is 4.11. The summed E-state index contributed by atoms with van der Waals surface area (Å²) in [5.41, 5.74) is 0.777. The van der Waals surface area contributed by atoms with Crippen LogP contribution in [0.5, 0.6) is 0 Å². The summed E-state index contributed by atoms with van der Waals surface area (Å²) in [6, 6.07) is 5.92. The van der Waals surface area contributed by atoms with E-state index in [9.17, 15) is 14.3 Å². The predicted molar refractivity (Wildman–Crippen MR) is 62.6 cm³/mol. The Hall–Kier alpha value is -1.68. The Morgan fingerprint density at radius 1 is 1.41 bits per heavy atom. The standard InChI is InChI=1S/C13H14FNO2/c14-11-4-1-10(2-5-11)3-6-13(17)15-8-7-12(16)9-15/h1-6,12,16H,7-9H2/b6-3+/t12-/m0/s1. The number of β-amino-alcohol motifs (C(OH)–C–C–N with tert-alkyl or cyclic N) is 1. The highest BCUT2D eigenvalue weighted by Crippen LogP contribution is 2.10. The average molecular weight is 235 g/mol. The maximum absolute atomic E-state index is 12.6. The van der Waals surface area contributed by atoms with Crippen LogP contribution in [-0.4, -0.2) is 35.1 Å². The van der Waals surface area contributed by atoms with Crippen LogP contribution in [0.1, 0.15) is 12.0 Å². The lowest BCUT2D eigenvalue weighted by atomic mass is 10.2. The molecule has 0 aromatic heterocycles. The number of hydrogen-bond acceptors (Lipinski definition) is 2. The van der Waals surface area contributed by atoms with Crippen LogP contribution in [0.2, 0.25) is 0 Å². The van der Waals surface area contributed by atoms with E-state index in [0.717, 1.165) is 5.56 Å². The molecule has 90 valence electrons. The van der Waals surface area contributed by atoms with E-state index in [2.05, 4.69) is 0 Å². The van der Waals surface area contributed by atoms with E-state index >= 15 is 0 Å². The van der Waals surface area contributed by atoms with Crippen molar-refractivity contribution in [2.75, 3.05) is 13.1 Å². The summed E-state index contributed by atoms with van der Waals surface area (Å²) >= 11 is 0. The first-order chi connectivity index (χ1) is 8.15. The second-order valence-corrected chi connectivity index (χ2v) is 4.11. The molecule has 1 heterocycles. The van der Waals surface area contributed by atoms with E-state index in [0.29, 0.717) is 19.5 Å². The van der Waals surface area contributed by atoms with Gasteiger partial charge >= 0.3 is 0 Å². The van der Waals surface area contributed by atoms with Gasteiger partial charge in [-0.2, -0.15) is 0 Å². The van der Waals surface area contributed by atoms with Crippen molar-refractivity contribution in [3.05, 3.63) is 41.7 Å². The van der Waals surface area contributed by atoms with Gasteiger partial charge in [-0.15, -0.1) is 0 Å². The van der Waals surface area contributed by atoms with Gasteiger partial charge in [0.05, 0.1) is 6.10 Å². The Balaban J connectivity index is 1.96. The maximum Gasteiger partial charge on any atom is 0.246 e. The topological polar surface area (TPSA) is 40.5 Å². The SMILES string of the molecule is O=C(/C=C/c1ccc(F)cc1)N1CC[C@H](O)C1. The molecule has 0 saturated carbocycles. The number of aliphatic hydroxyl groups is 1. The van der Waals surface area contributed by atoms with Gasteiger partial charge < -0.3 is 10.0 Å². The molecule has 0 spiro atoms. The summed E-state index contributed by atoms with van der Waals surface area (Å²) < 4.78 is 12.6. The fourth-order valence-corrected chi connectivity index (χ4v) is 1.79. The molecule has 0 unspecified atom stereocenters. The fourth-order valence-electron chi connectivity index (χ4n) is 1.79. The molecule has 0 aliphatic carbocycles. The Labute approximate surface area is 99.2 Å². The van der Waals surface area contributed by atoms with E-state index < -0.39 is 6.10 Å². The smallest absolute Gasteiger partial charge is 0.246 e. The van der Waals surface area contributed by atoms with E-state index in [1.54, 1.807) is 23.1 Å². The van der Waals surface area contributed by atoms with Gasteiger partial charge in [-0.25, -0.2) is 4.39 Å². The van der Waals surface area contributed by atoms with E-state index in [1.807, 2.05) is 0 Å². The minimum Gasteiger partial charge on any atom is -0.391 e. The van der Waals surface area contributed by atoms with E-state index in [4.69, 9.17) is 0 Å². The minimum absolute atomic E-state index is 0.120. The quantitative estimate of drug-likeness (QED) is 0.788. The number of halogens is 1.